The van der Waals surface area contributed by atoms with Gasteiger partial charge in [0, 0.05) is 18.8 Å². The van der Waals surface area contributed by atoms with E-state index in [2.05, 4.69) is 4.98 Å². The first-order valence-corrected chi connectivity index (χ1v) is 6.14. The largest absolute Gasteiger partial charge is 0.337 e. The molecule has 3 nitrogen and oxygen atoms in total. The molecule has 1 amide bonds. The summed E-state index contributed by atoms with van der Waals surface area (Å²) in [6.45, 7) is 6.04. The molecule has 1 aromatic heterocycles. The fraction of sp³-hybridized carbons (Fsp3) is 0.500. The predicted molar refractivity (Wildman–Crippen MR) is 70.7 cm³/mol. The topological polar surface area (TPSA) is 33.2 Å². The molecule has 0 N–H and O–H groups in total. The normalized spacial score (nSPS) is 11.4. The summed E-state index contributed by atoms with van der Waals surface area (Å²) in [4.78, 5) is 17.8. The molecule has 0 bridgehead atoms. The number of amides is 1. The Morgan fingerprint density at radius 2 is 2.06 bits per heavy atom. The molecule has 0 saturated heterocycles. The van der Waals surface area contributed by atoms with Crippen molar-refractivity contribution >= 4 is 29.1 Å². The first kappa shape index (κ1) is 14.3. The molecule has 1 rings (SSSR count). The summed E-state index contributed by atoms with van der Waals surface area (Å²) in [5.74, 6) is -0.147. The Kier molecular flexibility index (Phi) is 4.39. The van der Waals surface area contributed by atoms with Gasteiger partial charge in [-0.25, -0.2) is 4.98 Å². The van der Waals surface area contributed by atoms with E-state index in [-0.39, 0.29) is 16.6 Å². The number of halogens is 2. The van der Waals surface area contributed by atoms with Crippen molar-refractivity contribution in [1.29, 1.82) is 0 Å². The Morgan fingerprint density at radius 3 is 2.59 bits per heavy atom. The maximum absolute atomic E-state index is 12.3. The molecule has 1 heterocycles. The van der Waals surface area contributed by atoms with E-state index in [1.807, 2.05) is 20.8 Å². The van der Waals surface area contributed by atoms with Crippen molar-refractivity contribution in [3.63, 3.8) is 0 Å². The molecular weight excluding hydrogens is 259 g/mol. The second-order valence-corrected chi connectivity index (χ2v) is 5.31. The van der Waals surface area contributed by atoms with Gasteiger partial charge < -0.3 is 4.90 Å². The van der Waals surface area contributed by atoms with Crippen molar-refractivity contribution in [2.45, 2.75) is 32.7 Å². The van der Waals surface area contributed by atoms with Crippen LogP contribution in [0.2, 0.25) is 10.2 Å². The summed E-state index contributed by atoms with van der Waals surface area (Å²) in [5.41, 5.74) is 0.159. The van der Waals surface area contributed by atoms with E-state index in [0.717, 1.165) is 6.42 Å². The van der Waals surface area contributed by atoms with Gasteiger partial charge in [-0.1, -0.05) is 30.1 Å². The van der Waals surface area contributed by atoms with Gasteiger partial charge in [0.25, 0.3) is 5.91 Å². The van der Waals surface area contributed by atoms with Crippen LogP contribution < -0.4 is 0 Å². The van der Waals surface area contributed by atoms with Crippen molar-refractivity contribution in [1.82, 2.24) is 9.88 Å². The zero-order valence-corrected chi connectivity index (χ0v) is 11.9. The van der Waals surface area contributed by atoms with E-state index in [4.69, 9.17) is 23.2 Å². The van der Waals surface area contributed by atoms with Gasteiger partial charge in [0.15, 0.2) is 0 Å². The number of hydrogen-bond donors (Lipinski definition) is 0. The van der Waals surface area contributed by atoms with Crippen LogP contribution in [0.4, 0.5) is 0 Å². The average molecular weight is 275 g/mol. The lowest BCUT2D eigenvalue weighted by molar-refractivity contribution is 0.0620. The molecule has 0 aliphatic carbocycles. The Morgan fingerprint density at radius 1 is 1.47 bits per heavy atom. The highest BCUT2D eigenvalue weighted by Crippen LogP contribution is 2.24. The van der Waals surface area contributed by atoms with Gasteiger partial charge in [-0.3, -0.25) is 4.79 Å². The molecule has 1 aromatic rings. The molecule has 17 heavy (non-hydrogen) atoms. The molecule has 0 saturated carbocycles. The van der Waals surface area contributed by atoms with Gasteiger partial charge in [-0.05, 0) is 26.3 Å². The smallest absolute Gasteiger partial charge is 0.255 e. The van der Waals surface area contributed by atoms with Crippen LogP contribution in [0.3, 0.4) is 0 Å². The van der Waals surface area contributed by atoms with Crippen LogP contribution in [0.1, 0.15) is 37.6 Å². The van der Waals surface area contributed by atoms with Crippen LogP contribution in [0, 0.1) is 0 Å². The van der Waals surface area contributed by atoms with Crippen LogP contribution >= 0.6 is 23.2 Å². The van der Waals surface area contributed by atoms with Gasteiger partial charge in [-0.15, -0.1) is 0 Å². The third kappa shape index (κ3) is 3.11. The molecule has 0 atom stereocenters. The number of rotatable bonds is 3. The molecule has 0 radical (unpaired) electrons. The molecule has 0 aliphatic rings. The zero-order valence-electron chi connectivity index (χ0n) is 10.4. The first-order valence-electron chi connectivity index (χ1n) is 5.39. The monoisotopic (exact) mass is 274 g/mol. The summed E-state index contributed by atoms with van der Waals surface area (Å²) >= 11 is 11.7. The summed E-state index contributed by atoms with van der Waals surface area (Å²) in [5, 5.41) is 0.582. The van der Waals surface area contributed by atoms with Crippen molar-refractivity contribution in [3.05, 3.63) is 28.0 Å². The van der Waals surface area contributed by atoms with E-state index in [1.165, 1.54) is 12.3 Å². The van der Waals surface area contributed by atoms with Crippen LogP contribution in [-0.2, 0) is 0 Å². The van der Waals surface area contributed by atoms with Crippen molar-refractivity contribution < 1.29 is 4.79 Å². The maximum atomic E-state index is 12.3. The average Bonchev–Trinajstić information content (AvgIpc) is 2.30. The third-order valence-corrected chi connectivity index (χ3v) is 3.64. The summed E-state index contributed by atoms with van der Waals surface area (Å²) < 4.78 is 0. The minimum Gasteiger partial charge on any atom is -0.337 e. The number of hydrogen-bond acceptors (Lipinski definition) is 2. The highest BCUT2D eigenvalue weighted by molar-refractivity contribution is 6.35. The first-order chi connectivity index (χ1) is 7.79. The lowest BCUT2D eigenvalue weighted by atomic mass is 9.99. The van der Waals surface area contributed by atoms with E-state index in [0.29, 0.717) is 10.6 Å². The molecule has 5 heteroatoms. The molecule has 0 spiro atoms. The zero-order chi connectivity index (χ0) is 13.2. The highest BCUT2D eigenvalue weighted by Gasteiger charge is 2.27. The number of carbonyl (C=O) groups is 1. The number of carbonyl (C=O) groups excluding carboxylic acids is 1. The Balaban J connectivity index is 3.08. The third-order valence-electron chi connectivity index (χ3n) is 3.13. The standard InChI is InChI=1S/C12H16Cl2N2O/c1-5-12(2,3)16(4)11(17)8-6-10(14)15-7-9(8)13/h6-7H,5H2,1-4H3. The summed E-state index contributed by atoms with van der Waals surface area (Å²) in [6, 6.07) is 1.49. The second kappa shape index (κ2) is 5.23. The highest BCUT2D eigenvalue weighted by atomic mass is 35.5. The number of pyridine rings is 1. The van der Waals surface area contributed by atoms with Gasteiger partial charge in [0.1, 0.15) is 5.15 Å². The molecule has 0 fully saturated rings. The fourth-order valence-corrected chi connectivity index (χ4v) is 1.61. The minimum atomic E-state index is -0.226. The summed E-state index contributed by atoms with van der Waals surface area (Å²) in [7, 11) is 1.76. The Hall–Kier alpha value is -0.800. The Bertz CT molecular complexity index is 433. The van der Waals surface area contributed by atoms with E-state index in [1.54, 1.807) is 11.9 Å². The maximum Gasteiger partial charge on any atom is 0.255 e. The van der Waals surface area contributed by atoms with Gasteiger partial charge in [-0.2, -0.15) is 0 Å². The van der Waals surface area contributed by atoms with E-state index in [9.17, 15) is 4.79 Å². The number of aromatic nitrogens is 1. The molecule has 0 aromatic carbocycles. The molecule has 94 valence electrons. The van der Waals surface area contributed by atoms with E-state index < -0.39 is 0 Å². The van der Waals surface area contributed by atoms with Crippen molar-refractivity contribution in [2.75, 3.05) is 7.05 Å². The van der Waals surface area contributed by atoms with Crippen LogP contribution in [0.15, 0.2) is 12.3 Å². The number of nitrogens with zero attached hydrogens (tertiary/aromatic N) is 2. The lowest BCUT2D eigenvalue weighted by Crippen LogP contribution is -2.44. The van der Waals surface area contributed by atoms with Crippen LogP contribution in [0.5, 0.6) is 0 Å². The van der Waals surface area contributed by atoms with E-state index >= 15 is 0 Å². The fourth-order valence-electron chi connectivity index (χ4n) is 1.27. The van der Waals surface area contributed by atoms with Crippen molar-refractivity contribution in [3.8, 4) is 0 Å². The minimum absolute atomic E-state index is 0.147. The Labute approximate surface area is 112 Å². The van der Waals surface area contributed by atoms with Crippen LogP contribution in [0.25, 0.3) is 0 Å². The lowest BCUT2D eigenvalue weighted by Gasteiger charge is -2.35. The summed E-state index contributed by atoms with van der Waals surface area (Å²) in [6.07, 6.45) is 2.25. The van der Waals surface area contributed by atoms with Gasteiger partial charge in [0.2, 0.25) is 0 Å². The SMILES string of the molecule is CCC(C)(C)N(C)C(=O)c1cc(Cl)ncc1Cl. The molecule has 0 aliphatic heterocycles. The van der Waals surface area contributed by atoms with Crippen molar-refractivity contribution in [2.24, 2.45) is 0 Å². The molecule has 0 unspecified atom stereocenters. The second-order valence-electron chi connectivity index (χ2n) is 4.52. The predicted octanol–water partition coefficient (Wildman–Crippen LogP) is 3.65. The molecular formula is C12H16Cl2N2O. The van der Waals surface area contributed by atoms with Crippen LogP contribution in [-0.4, -0.2) is 28.4 Å². The van der Waals surface area contributed by atoms with Gasteiger partial charge in [0.05, 0.1) is 10.6 Å². The quantitative estimate of drug-likeness (QED) is 0.789. The van der Waals surface area contributed by atoms with Gasteiger partial charge >= 0.3 is 0 Å².